The van der Waals surface area contributed by atoms with Crippen molar-refractivity contribution in [2.45, 2.75) is 78.3 Å². The molecule has 3 N–H and O–H groups in total. The summed E-state index contributed by atoms with van der Waals surface area (Å²) in [5, 5.41) is 14.4. The normalized spacial score (nSPS) is 14.7. The number of hydrogen-bond acceptors (Lipinski definition) is 3. The predicted octanol–water partition coefficient (Wildman–Crippen LogP) is 2.08. The topological polar surface area (TPSA) is 95.5 Å². The van der Waals surface area contributed by atoms with Crippen molar-refractivity contribution in [3.05, 3.63) is 0 Å². The molecular weight excluding hydrogens is 284 g/mol. The van der Waals surface area contributed by atoms with Crippen molar-refractivity contribution in [1.29, 1.82) is 0 Å². The van der Waals surface area contributed by atoms with Gasteiger partial charge in [0.05, 0.1) is 5.92 Å². The molecule has 0 aliphatic carbocycles. The smallest absolute Gasteiger partial charge is 0.306 e. The summed E-state index contributed by atoms with van der Waals surface area (Å²) in [5.74, 6) is -1.56. The Bertz CT molecular complexity index is 371. The fraction of sp³-hybridized carbons (Fsp3) is 0.812. The fourth-order valence-corrected chi connectivity index (χ4v) is 2.24. The third kappa shape index (κ3) is 10.2. The molecule has 0 rings (SSSR count). The van der Waals surface area contributed by atoms with E-state index in [1.54, 1.807) is 20.8 Å². The molecule has 0 spiro atoms. The molecule has 0 aliphatic heterocycles. The van der Waals surface area contributed by atoms with Gasteiger partial charge in [0.2, 0.25) is 11.8 Å². The number of carboxylic acid groups (broad SMARTS) is 1. The number of amides is 2. The van der Waals surface area contributed by atoms with Crippen molar-refractivity contribution in [3.8, 4) is 0 Å². The van der Waals surface area contributed by atoms with Crippen molar-refractivity contribution in [2.24, 2.45) is 5.92 Å². The molecule has 0 fully saturated rings. The van der Waals surface area contributed by atoms with E-state index >= 15 is 0 Å². The Morgan fingerprint density at radius 2 is 1.55 bits per heavy atom. The molecule has 0 aromatic carbocycles. The van der Waals surface area contributed by atoms with Crippen LogP contribution < -0.4 is 10.6 Å². The van der Waals surface area contributed by atoms with E-state index in [1.165, 1.54) is 0 Å². The molecule has 3 unspecified atom stereocenters. The standard InChI is InChI=1S/C16H30N2O4/c1-5-6-7-8-14(19)17-13(4)10-15(20)18-12(3)9-11(2)16(21)22/h11-13H,5-10H2,1-4H3,(H,17,19)(H,18,20)(H,21,22). The van der Waals surface area contributed by atoms with Crippen LogP contribution in [0.25, 0.3) is 0 Å². The summed E-state index contributed by atoms with van der Waals surface area (Å²) in [6.07, 6.45) is 4.04. The van der Waals surface area contributed by atoms with Crippen LogP contribution in [-0.2, 0) is 14.4 Å². The molecule has 0 aromatic heterocycles. The zero-order chi connectivity index (χ0) is 17.1. The second kappa shape index (κ2) is 11.0. The third-order valence-electron chi connectivity index (χ3n) is 3.44. The average Bonchev–Trinajstić information content (AvgIpc) is 2.37. The zero-order valence-corrected chi connectivity index (χ0v) is 14.1. The average molecular weight is 314 g/mol. The Kier molecular flexibility index (Phi) is 10.2. The van der Waals surface area contributed by atoms with E-state index in [-0.39, 0.29) is 30.3 Å². The largest absolute Gasteiger partial charge is 0.481 e. The van der Waals surface area contributed by atoms with E-state index in [2.05, 4.69) is 17.6 Å². The summed E-state index contributed by atoms with van der Waals surface area (Å²) in [7, 11) is 0. The van der Waals surface area contributed by atoms with Crippen LogP contribution in [0, 0.1) is 5.92 Å². The van der Waals surface area contributed by atoms with E-state index in [4.69, 9.17) is 5.11 Å². The number of carbonyl (C=O) groups excluding carboxylic acids is 2. The Morgan fingerprint density at radius 1 is 0.955 bits per heavy atom. The monoisotopic (exact) mass is 314 g/mol. The van der Waals surface area contributed by atoms with E-state index < -0.39 is 11.9 Å². The summed E-state index contributed by atoms with van der Waals surface area (Å²) in [4.78, 5) is 34.3. The highest BCUT2D eigenvalue weighted by atomic mass is 16.4. The Hall–Kier alpha value is -1.59. The lowest BCUT2D eigenvalue weighted by Gasteiger charge is -2.18. The number of carboxylic acids is 1. The van der Waals surface area contributed by atoms with Crippen molar-refractivity contribution in [1.82, 2.24) is 10.6 Å². The minimum Gasteiger partial charge on any atom is -0.481 e. The first kappa shape index (κ1) is 20.4. The van der Waals surface area contributed by atoms with Crippen LogP contribution in [0.4, 0.5) is 0 Å². The second-order valence-electron chi connectivity index (χ2n) is 6.07. The number of nitrogens with one attached hydrogen (secondary N) is 2. The van der Waals surface area contributed by atoms with Crippen LogP contribution >= 0.6 is 0 Å². The van der Waals surface area contributed by atoms with Gasteiger partial charge in [-0.25, -0.2) is 0 Å². The molecule has 3 atom stereocenters. The predicted molar refractivity (Wildman–Crippen MR) is 85.4 cm³/mol. The summed E-state index contributed by atoms with van der Waals surface area (Å²) < 4.78 is 0. The highest BCUT2D eigenvalue weighted by Gasteiger charge is 2.18. The first-order valence-electron chi connectivity index (χ1n) is 8.07. The molecule has 22 heavy (non-hydrogen) atoms. The highest BCUT2D eigenvalue weighted by Crippen LogP contribution is 2.06. The molecule has 0 saturated heterocycles. The molecule has 6 heteroatoms. The van der Waals surface area contributed by atoms with Crippen LogP contribution in [0.1, 0.15) is 66.2 Å². The van der Waals surface area contributed by atoms with E-state index in [9.17, 15) is 14.4 Å². The minimum atomic E-state index is -0.867. The molecular formula is C16H30N2O4. The number of hydrogen-bond donors (Lipinski definition) is 3. The van der Waals surface area contributed by atoms with Crippen LogP contribution in [0.15, 0.2) is 0 Å². The van der Waals surface area contributed by atoms with Gasteiger partial charge >= 0.3 is 5.97 Å². The zero-order valence-electron chi connectivity index (χ0n) is 14.1. The van der Waals surface area contributed by atoms with Crippen molar-refractivity contribution < 1.29 is 19.5 Å². The summed E-state index contributed by atoms with van der Waals surface area (Å²) in [6.45, 7) is 7.27. The molecule has 0 aromatic rings. The van der Waals surface area contributed by atoms with Crippen LogP contribution in [-0.4, -0.2) is 35.0 Å². The molecule has 0 bridgehead atoms. The van der Waals surface area contributed by atoms with Gasteiger partial charge in [-0.05, 0) is 26.7 Å². The number of unbranched alkanes of at least 4 members (excludes halogenated alkanes) is 2. The van der Waals surface area contributed by atoms with E-state index in [1.807, 2.05) is 0 Å². The Labute approximate surface area is 133 Å². The molecule has 128 valence electrons. The van der Waals surface area contributed by atoms with Gasteiger partial charge in [0.1, 0.15) is 0 Å². The molecule has 0 saturated carbocycles. The SMILES string of the molecule is CCCCCC(=O)NC(C)CC(=O)NC(C)CC(C)C(=O)O. The molecule has 0 aliphatic rings. The first-order chi connectivity index (χ1) is 10.3. The lowest BCUT2D eigenvalue weighted by Crippen LogP contribution is -2.40. The number of rotatable bonds is 11. The van der Waals surface area contributed by atoms with Crippen LogP contribution in [0.5, 0.6) is 0 Å². The first-order valence-corrected chi connectivity index (χ1v) is 8.07. The van der Waals surface area contributed by atoms with Crippen LogP contribution in [0.3, 0.4) is 0 Å². The van der Waals surface area contributed by atoms with Gasteiger partial charge in [-0.3, -0.25) is 14.4 Å². The van der Waals surface area contributed by atoms with Gasteiger partial charge in [-0.15, -0.1) is 0 Å². The lowest BCUT2D eigenvalue weighted by molar-refractivity contribution is -0.141. The van der Waals surface area contributed by atoms with Gasteiger partial charge in [0.25, 0.3) is 0 Å². The highest BCUT2D eigenvalue weighted by molar-refractivity contribution is 5.79. The fourth-order valence-electron chi connectivity index (χ4n) is 2.24. The second-order valence-corrected chi connectivity index (χ2v) is 6.07. The summed E-state index contributed by atoms with van der Waals surface area (Å²) >= 11 is 0. The van der Waals surface area contributed by atoms with Crippen LogP contribution in [0.2, 0.25) is 0 Å². The number of aliphatic carboxylic acids is 1. The maximum atomic E-state index is 11.8. The van der Waals surface area contributed by atoms with Gasteiger partial charge in [0, 0.05) is 24.9 Å². The number of carbonyl (C=O) groups is 3. The maximum absolute atomic E-state index is 11.8. The Balaban J connectivity index is 3.99. The van der Waals surface area contributed by atoms with Gasteiger partial charge in [-0.1, -0.05) is 26.7 Å². The Morgan fingerprint density at radius 3 is 2.09 bits per heavy atom. The van der Waals surface area contributed by atoms with E-state index in [0.717, 1.165) is 19.3 Å². The van der Waals surface area contributed by atoms with Gasteiger partial charge in [0.15, 0.2) is 0 Å². The maximum Gasteiger partial charge on any atom is 0.306 e. The summed E-state index contributed by atoms with van der Waals surface area (Å²) in [5.41, 5.74) is 0. The van der Waals surface area contributed by atoms with Gasteiger partial charge in [-0.2, -0.15) is 0 Å². The molecule has 0 radical (unpaired) electrons. The molecule has 6 nitrogen and oxygen atoms in total. The molecule has 0 heterocycles. The summed E-state index contributed by atoms with van der Waals surface area (Å²) in [6, 6.07) is -0.427. The quantitative estimate of drug-likeness (QED) is 0.509. The lowest BCUT2D eigenvalue weighted by atomic mass is 10.0. The van der Waals surface area contributed by atoms with Crippen molar-refractivity contribution in [2.75, 3.05) is 0 Å². The minimum absolute atomic E-state index is 0.0266. The third-order valence-corrected chi connectivity index (χ3v) is 3.44. The molecule has 2 amide bonds. The van der Waals surface area contributed by atoms with E-state index in [0.29, 0.717) is 12.8 Å². The van der Waals surface area contributed by atoms with Crippen molar-refractivity contribution >= 4 is 17.8 Å². The van der Waals surface area contributed by atoms with Gasteiger partial charge < -0.3 is 15.7 Å². The van der Waals surface area contributed by atoms with Crippen molar-refractivity contribution in [3.63, 3.8) is 0 Å².